The molecule has 66 valence electrons. The molecule has 1 fully saturated rings. The lowest BCUT2D eigenvalue weighted by molar-refractivity contribution is 0.0755. The minimum atomic E-state index is 0.456. The van der Waals surface area contributed by atoms with Gasteiger partial charge in [0, 0.05) is 20.2 Å². The Balaban J connectivity index is 2.31. The summed E-state index contributed by atoms with van der Waals surface area (Å²) in [6.45, 7) is 6.71. The average molecular weight is 157 g/mol. The first-order valence-electron chi connectivity index (χ1n) is 4.47. The maximum Gasteiger partial charge on any atom is 0.0735 e. The van der Waals surface area contributed by atoms with Gasteiger partial charge in [-0.3, -0.25) is 0 Å². The molecule has 1 heterocycles. The van der Waals surface area contributed by atoms with Crippen LogP contribution in [0.5, 0.6) is 0 Å². The lowest BCUT2D eigenvalue weighted by Gasteiger charge is -2.18. The average Bonchev–Trinajstić information content (AvgIpc) is 2.34. The van der Waals surface area contributed by atoms with E-state index in [4.69, 9.17) is 4.74 Å². The van der Waals surface area contributed by atoms with Crippen LogP contribution in [0.4, 0.5) is 0 Å². The van der Waals surface area contributed by atoms with Crippen LogP contribution in [0.1, 0.15) is 20.3 Å². The summed E-state index contributed by atoms with van der Waals surface area (Å²) in [5, 5.41) is 3.35. The Hall–Kier alpha value is -0.0800. The molecule has 2 unspecified atom stereocenters. The van der Waals surface area contributed by atoms with Crippen LogP contribution in [0.15, 0.2) is 0 Å². The maximum absolute atomic E-state index is 5.36. The molecule has 1 aliphatic heterocycles. The van der Waals surface area contributed by atoms with Crippen molar-refractivity contribution in [3.63, 3.8) is 0 Å². The van der Waals surface area contributed by atoms with E-state index in [1.54, 1.807) is 0 Å². The van der Waals surface area contributed by atoms with Gasteiger partial charge in [0.05, 0.1) is 6.10 Å². The highest BCUT2D eigenvalue weighted by molar-refractivity contribution is 4.82. The first-order valence-corrected chi connectivity index (χ1v) is 4.47. The molecule has 0 aromatic rings. The van der Waals surface area contributed by atoms with Gasteiger partial charge in [0.25, 0.3) is 0 Å². The molecule has 0 spiro atoms. The minimum Gasteiger partial charge on any atom is -0.380 e. The van der Waals surface area contributed by atoms with Gasteiger partial charge in [-0.1, -0.05) is 13.8 Å². The van der Waals surface area contributed by atoms with E-state index in [1.807, 2.05) is 7.11 Å². The van der Waals surface area contributed by atoms with Gasteiger partial charge in [0.2, 0.25) is 0 Å². The smallest absolute Gasteiger partial charge is 0.0735 e. The first-order chi connectivity index (χ1) is 5.24. The maximum atomic E-state index is 5.36. The quantitative estimate of drug-likeness (QED) is 0.666. The van der Waals surface area contributed by atoms with Crippen molar-refractivity contribution in [2.45, 2.75) is 26.4 Å². The predicted octanol–water partition coefficient (Wildman–Crippen LogP) is 1.27. The third kappa shape index (κ3) is 2.46. The predicted molar refractivity (Wildman–Crippen MR) is 46.6 cm³/mol. The molecule has 1 rings (SSSR count). The topological polar surface area (TPSA) is 21.3 Å². The van der Waals surface area contributed by atoms with E-state index in [1.165, 1.54) is 6.42 Å². The molecular weight excluding hydrogens is 138 g/mol. The number of hydrogen-bond donors (Lipinski definition) is 1. The Kier molecular flexibility index (Phi) is 3.34. The largest absolute Gasteiger partial charge is 0.380 e. The molecule has 0 aromatic heterocycles. The van der Waals surface area contributed by atoms with Gasteiger partial charge in [-0.2, -0.15) is 0 Å². The van der Waals surface area contributed by atoms with Crippen LogP contribution in [0, 0.1) is 11.8 Å². The SMILES string of the molecule is COC1CNCC1CC(C)C. The molecule has 0 amide bonds. The second kappa shape index (κ2) is 4.07. The van der Waals surface area contributed by atoms with Crippen LogP contribution in [0.25, 0.3) is 0 Å². The van der Waals surface area contributed by atoms with E-state index >= 15 is 0 Å². The second-order valence-electron chi connectivity index (χ2n) is 3.82. The molecular formula is C9H19NO. The van der Waals surface area contributed by atoms with E-state index in [-0.39, 0.29) is 0 Å². The van der Waals surface area contributed by atoms with E-state index in [2.05, 4.69) is 19.2 Å². The number of methoxy groups -OCH3 is 1. The molecule has 2 nitrogen and oxygen atoms in total. The van der Waals surface area contributed by atoms with Crippen LogP contribution in [0.3, 0.4) is 0 Å². The summed E-state index contributed by atoms with van der Waals surface area (Å²) in [4.78, 5) is 0. The molecule has 0 saturated carbocycles. The molecule has 1 saturated heterocycles. The van der Waals surface area contributed by atoms with Gasteiger partial charge in [-0.15, -0.1) is 0 Å². The van der Waals surface area contributed by atoms with Crippen LogP contribution >= 0.6 is 0 Å². The zero-order valence-electron chi connectivity index (χ0n) is 7.76. The Morgan fingerprint density at radius 3 is 2.73 bits per heavy atom. The zero-order valence-corrected chi connectivity index (χ0v) is 7.76. The van der Waals surface area contributed by atoms with Crippen molar-refractivity contribution in [1.82, 2.24) is 5.32 Å². The summed E-state index contributed by atoms with van der Waals surface area (Å²) < 4.78 is 5.36. The fraction of sp³-hybridized carbons (Fsp3) is 1.00. The summed E-state index contributed by atoms with van der Waals surface area (Å²) in [6.07, 6.45) is 1.74. The third-order valence-electron chi connectivity index (χ3n) is 2.35. The highest BCUT2D eigenvalue weighted by Gasteiger charge is 2.26. The molecule has 2 atom stereocenters. The van der Waals surface area contributed by atoms with Gasteiger partial charge in [-0.25, -0.2) is 0 Å². The van der Waals surface area contributed by atoms with E-state index in [0.717, 1.165) is 24.9 Å². The van der Waals surface area contributed by atoms with Crippen molar-refractivity contribution in [2.75, 3.05) is 20.2 Å². The molecule has 0 bridgehead atoms. The van der Waals surface area contributed by atoms with Gasteiger partial charge in [0.1, 0.15) is 0 Å². The highest BCUT2D eigenvalue weighted by Crippen LogP contribution is 2.20. The first kappa shape index (κ1) is 9.01. The Morgan fingerprint density at radius 2 is 2.18 bits per heavy atom. The highest BCUT2D eigenvalue weighted by atomic mass is 16.5. The summed E-state index contributed by atoms with van der Waals surface area (Å²) in [5.74, 6) is 1.53. The van der Waals surface area contributed by atoms with Gasteiger partial charge in [0.15, 0.2) is 0 Å². The number of ether oxygens (including phenoxy) is 1. The van der Waals surface area contributed by atoms with Crippen molar-refractivity contribution in [2.24, 2.45) is 11.8 Å². The lowest BCUT2D eigenvalue weighted by atomic mass is 9.95. The Morgan fingerprint density at radius 1 is 1.45 bits per heavy atom. The number of hydrogen-bond acceptors (Lipinski definition) is 2. The standard InChI is InChI=1S/C9H19NO/c1-7(2)4-8-5-10-6-9(8)11-3/h7-10H,4-6H2,1-3H3. The van der Waals surface area contributed by atoms with Crippen molar-refractivity contribution in [3.05, 3.63) is 0 Å². The molecule has 1 N–H and O–H groups in total. The summed E-state index contributed by atoms with van der Waals surface area (Å²) in [7, 11) is 1.81. The fourth-order valence-corrected chi connectivity index (χ4v) is 1.83. The number of rotatable bonds is 3. The molecule has 0 radical (unpaired) electrons. The number of nitrogens with one attached hydrogen (secondary N) is 1. The summed E-state index contributed by atoms with van der Waals surface area (Å²) in [5.41, 5.74) is 0. The Bertz CT molecular complexity index is 114. The molecule has 11 heavy (non-hydrogen) atoms. The van der Waals surface area contributed by atoms with Gasteiger partial charge >= 0.3 is 0 Å². The Labute approximate surface area is 69.3 Å². The van der Waals surface area contributed by atoms with Crippen LogP contribution < -0.4 is 5.32 Å². The fourth-order valence-electron chi connectivity index (χ4n) is 1.83. The monoisotopic (exact) mass is 157 g/mol. The lowest BCUT2D eigenvalue weighted by Crippen LogP contribution is -2.22. The van der Waals surface area contributed by atoms with Crippen molar-refractivity contribution in [1.29, 1.82) is 0 Å². The summed E-state index contributed by atoms with van der Waals surface area (Å²) >= 11 is 0. The van der Waals surface area contributed by atoms with Crippen LogP contribution in [-0.2, 0) is 4.74 Å². The zero-order chi connectivity index (χ0) is 8.27. The molecule has 1 aliphatic rings. The third-order valence-corrected chi connectivity index (χ3v) is 2.35. The van der Waals surface area contributed by atoms with Crippen LogP contribution in [0.2, 0.25) is 0 Å². The normalized spacial score (nSPS) is 31.6. The van der Waals surface area contributed by atoms with E-state index < -0.39 is 0 Å². The van der Waals surface area contributed by atoms with Gasteiger partial charge < -0.3 is 10.1 Å². The molecule has 0 aliphatic carbocycles. The van der Waals surface area contributed by atoms with Crippen molar-refractivity contribution in [3.8, 4) is 0 Å². The van der Waals surface area contributed by atoms with E-state index in [9.17, 15) is 0 Å². The van der Waals surface area contributed by atoms with Crippen molar-refractivity contribution >= 4 is 0 Å². The van der Waals surface area contributed by atoms with Crippen LogP contribution in [-0.4, -0.2) is 26.3 Å². The molecule has 0 aromatic carbocycles. The minimum absolute atomic E-state index is 0.456. The molecule has 2 heteroatoms. The van der Waals surface area contributed by atoms with Gasteiger partial charge in [-0.05, 0) is 18.3 Å². The summed E-state index contributed by atoms with van der Waals surface area (Å²) in [6, 6.07) is 0. The van der Waals surface area contributed by atoms with Crippen molar-refractivity contribution < 1.29 is 4.74 Å². The second-order valence-corrected chi connectivity index (χ2v) is 3.82. The van der Waals surface area contributed by atoms with E-state index in [0.29, 0.717) is 6.10 Å².